The minimum absolute atomic E-state index is 0.0232. The van der Waals surface area contributed by atoms with E-state index in [0.29, 0.717) is 6.54 Å². The van der Waals surface area contributed by atoms with Crippen molar-refractivity contribution in [2.45, 2.75) is 19.4 Å². The van der Waals surface area contributed by atoms with Crippen molar-refractivity contribution in [2.24, 2.45) is 0 Å². The van der Waals surface area contributed by atoms with Crippen LogP contribution in [0.2, 0.25) is 0 Å². The second-order valence-electron chi connectivity index (χ2n) is 6.08. The number of nitrogens with one attached hydrogen (secondary N) is 2. The molecule has 2 heterocycles. The molecule has 1 unspecified atom stereocenters. The van der Waals surface area contributed by atoms with Crippen LogP contribution in [0.15, 0.2) is 48.8 Å². The highest BCUT2D eigenvalue weighted by Crippen LogP contribution is 2.21. The van der Waals surface area contributed by atoms with Crippen molar-refractivity contribution in [3.63, 3.8) is 0 Å². The fourth-order valence-electron chi connectivity index (χ4n) is 3.05. The molecule has 126 valence electrons. The zero-order valence-electron chi connectivity index (χ0n) is 14.0. The van der Waals surface area contributed by atoms with Crippen LogP contribution in [0.5, 0.6) is 0 Å². The molecule has 1 fully saturated rings. The minimum atomic E-state index is 0.0232. The zero-order chi connectivity index (χ0) is 16.8. The number of amides is 1. The quantitative estimate of drug-likeness (QED) is 0.885. The second kappa shape index (κ2) is 8.04. The van der Waals surface area contributed by atoms with Crippen molar-refractivity contribution in [2.75, 3.05) is 31.5 Å². The first-order valence-corrected chi connectivity index (χ1v) is 8.49. The average Bonchev–Trinajstić information content (AvgIpc) is 2.63. The molecular formula is C19H24N4O. The zero-order valence-corrected chi connectivity index (χ0v) is 14.0. The average molecular weight is 324 g/mol. The standard InChI is InChI=1S/C19H24N4O/c1-2-15-5-7-17(8-6-15)22-19(24)14-23-11-10-21-13-18(23)16-4-3-9-20-12-16/h3-9,12,18,21H,2,10-11,13-14H2,1H3,(H,22,24). The summed E-state index contributed by atoms with van der Waals surface area (Å²) in [6, 6.07) is 12.2. The fraction of sp³-hybridized carbons (Fsp3) is 0.368. The Morgan fingerprint density at radius 3 is 2.88 bits per heavy atom. The van der Waals surface area contributed by atoms with Crippen LogP contribution in [0.1, 0.15) is 24.1 Å². The van der Waals surface area contributed by atoms with Gasteiger partial charge in [-0.3, -0.25) is 14.7 Å². The van der Waals surface area contributed by atoms with E-state index in [1.807, 2.05) is 24.4 Å². The first-order chi connectivity index (χ1) is 11.8. The predicted molar refractivity (Wildman–Crippen MR) is 95.9 cm³/mol. The first kappa shape index (κ1) is 16.6. The molecule has 1 aromatic carbocycles. The van der Waals surface area contributed by atoms with Crippen LogP contribution in [-0.4, -0.2) is 42.0 Å². The first-order valence-electron chi connectivity index (χ1n) is 8.49. The van der Waals surface area contributed by atoms with Crippen molar-refractivity contribution in [3.05, 3.63) is 59.9 Å². The van der Waals surface area contributed by atoms with Gasteiger partial charge in [0.1, 0.15) is 0 Å². The number of carbonyl (C=O) groups excluding carboxylic acids is 1. The molecule has 0 bridgehead atoms. The number of benzene rings is 1. The number of hydrogen-bond donors (Lipinski definition) is 2. The molecule has 0 spiro atoms. The molecule has 1 amide bonds. The summed E-state index contributed by atoms with van der Waals surface area (Å²) in [5, 5.41) is 6.39. The van der Waals surface area contributed by atoms with Gasteiger partial charge in [-0.2, -0.15) is 0 Å². The third-order valence-corrected chi connectivity index (χ3v) is 4.42. The number of aromatic nitrogens is 1. The Hall–Kier alpha value is -2.24. The minimum Gasteiger partial charge on any atom is -0.325 e. The van der Waals surface area contributed by atoms with Gasteiger partial charge >= 0.3 is 0 Å². The molecule has 3 rings (SSSR count). The summed E-state index contributed by atoms with van der Waals surface area (Å²) >= 11 is 0. The van der Waals surface area contributed by atoms with E-state index < -0.39 is 0 Å². The molecule has 0 saturated carbocycles. The van der Waals surface area contributed by atoms with Gasteiger partial charge in [0.15, 0.2) is 0 Å². The van der Waals surface area contributed by atoms with Gasteiger partial charge in [0, 0.05) is 43.8 Å². The van der Waals surface area contributed by atoms with E-state index in [9.17, 15) is 4.79 Å². The summed E-state index contributed by atoms with van der Waals surface area (Å²) in [5.41, 5.74) is 3.27. The van der Waals surface area contributed by atoms with Gasteiger partial charge in [0.2, 0.25) is 5.91 Å². The van der Waals surface area contributed by atoms with Gasteiger partial charge in [-0.15, -0.1) is 0 Å². The monoisotopic (exact) mass is 324 g/mol. The number of aryl methyl sites for hydroxylation is 1. The van der Waals surface area contributed by atoms with Crippen LogP contribution < -0.4 is 10.6 Å². The Bertz CT molecular complexity index is 657. The lowest BCUT2D eigenvalue weighted by Gasteiger charge is -2.35. The molecule has 0 radical (unpaired) electrons. The molecule has 1 aromatic heterocycles. The third kappa shape index (κ3) is 4.19. The van der Waals surface area contributed by atoms with E-state index in [-0.39, 0.29) is 11.9 Å². The maximum absolute atomic E-state index is 12.4. The van der Waals surface area contributed by atoms with E-state index >= 15 is 0 Å². The van der Waals surface area contributed by atoms with Crippen LogP contribution in [0, 0.1) is 0 Å². The number of anilines is 1. The van der Waals surface area contributed by atoms with Crippen LogP contribution in [0.3, 0.4) is 0 Å². The van der Waals surface area contributed by atoms with E-state index in [0.717, 1.165) is 37.3 Å². The SMILES string of the molecule is CCc1ccc(NC(=O)CN2CCNCC2c2cccnc2)cc1. The van der Waals surface area contributed by atoms with Crippen LogP contribution >= 0.6 is 0 Å². The largest absolute Gasteiger partial charge is 0.325 e. The van der Waals surface area contributed by atoms with Gasteiger partial charge in [0.05, 0.1) is 6.54 Å². The Kier molecular flexibility index (Phi) is 5.56. The van der Waals surface area contributed by atoms with Gasteiger partial charge in [-0.25, -0.2) is 0 Å². The molecular weight excluding hydrogens is 300 g/mol. The van der Waals surface area contributed by atoms with Crippen LogP contribution in [0.4, 0.5) is 5.69 Å². The highest BCUT2D eigenvalue weighted by atomic mass is 16.2. The Labute approximate surface area is 143 Å². The Morgan fingerprint density at radius 1 is 1.33 bits per heavy atom. The van der Waals surface area contributed by atoms with Gasteiger partial charge in [-0.1, -0.05) is 25.1 Å². The maximum Gasteiger partial charge on any atom is 0.238 e. The van der Waals surface area contributed by atoms with E-state index in [1.54, 1.807) is 6.20 Å². The second-order valence-corrected chi connectivity index (χ2v) is 6.08. The Morgan fingerprint density at radius 2 is 2.17 bits per heavy atom. The molecule has 1 aliphatic heterocycles. The van der Waals surface area contributed by atoms with Gasteiger partial charge in [0.25, 0.3) is 0 Å². The van der Waals surface area contributed by atoms with Gasteiger partial charge in [-0.05, 0) is 35.7 Å². The number of hydrogen-bond acceptors (Lipinski definition) is 4. The summed E-state index contributed by atoms with van der Waals surface area (Å²) in [5.74, 6) is 0.0232. The predicted octanol–water partition coefficient (Wildman–Crippen LogP) is 2.23. The lowest BCUT2D eigenvalue weighted by Crippen LogP contribution is -2.48. The lowest BCUT2D eigenvalue weighted by molar-refractivity contribution is -0.118. The number of carbonyl (C=O) groups is 1. The van der Waals surface area contributed by atoms with Crippen molar-refractivity contribution < 1.29 is 4.79 Å². The van der Waals surface area contributed by atoms with Crippen LogP contribution in [-0.2, 0) is 11.2 Å². The third-order valence-electron chi connectivity index (χ3n) is 4.42. The van der Waals surface area contributed by atoms with E-state index in [1.165, 1.54) is 5.56 Å². The summed E-state index contributed by atoms with van der Waals surface area (Å²) in [4.78, 5) is 18.8. The molecule has 5 heteroatoms. The summed E-state index contributed by atoms with van der Waals surface area (Å²) in [6.45, 7) is 5.09. The number of rotatable bonds is 5. The number of piperazine rings is 1. The fourth-order valence-corrected chi connectivity index (χ4v) is 3.05. The molecule has 2 N–H and O–H groups in total. The van der Waals surface area contributed by atoms with Crippen molar-refractivity contribution in [1.29, 1.82) is 0 Å². The van der Waals surface area contributed by atoms with E-state index in [4.69, 9.17) is 0 Å². The van der Waals surface area contributed by atoms with Crippen molar-refractivity contribution >= 4 is 11.6 Å². The van der Waals surface area contributed by atoms with E-state index in [2.05, 4.69) is 45.6 Å². The highest BCUT2D eigenvalue weighted by molar-refractivity contribution is 5.92. The van der Waals surface area contributed by atoms with Gasteiger partial charge < -0.3 is 10.6 Å². The number of nitrogens with zero attached hydrogens (tertiary/aromatic N) is 2. The van der Waals surface area contributed by atoms with Crippen molar-refractivity contribution in [3.8, 4) is 0 Å². The molecule has 1 aliphatic rings. The molecule has 24 heavy (non-hydrogen) atoms. The normalized spacial score (nSPS) is 18.3. The Balaban J connectivity index is 1.63. The summed E-state index contributed by atoms with van der Waals surface area (Å²) in [6.07, 6.45) is 4.66. The van der Waals surface area contributed by atoms with Crippen molar-refractivity contribution in [1.82, 2.24) is 15.2 Å². The molecule has 1 saturated heterocycles. The molecule has 0 aliphatic carbocycles. The van der Waals surface area contributed by atoms with Crippen LogP contribution in [0.25, 0.3) is 0 Å². The summed E-state index contributed by atoms with van der Waals surface area (Å²) in [7, 11) is 0. The lowest BCUT2D eigenvalue weighted by atomic mass is 10.1. The molecule has 5 nitrogen and oxygen atoms in total. The topological polar surface area (TPSA) is 57.3 Å². The molecule has 1 atom stereocenters. The maximum atomic E-state index is 12.4. The highest BCUT2D eigenvalue weighted by Gasteiger charge is 2.25. The number of pyridine rings is 1. The molecule has 2 aromatic rings. The summed E-state index contributed by atoms with van der Waals surface area (Å²) < 4.78 is 0. The smallest absolute Gasteiger partial charge is 0.238 e.